The average molecular weight is 390 g/mol. The van der Waals surface area contributed by atoms with Crippen LogP contribution in [0.5, 0.6) is 0 Å². The van der Waals surface area contributed by atoms with Gasteiger partial charge in [-0.3, -0.25) is 14.5 Å². The number of morpholine rings is 1. The fraction of sp³-hybridized carbons (Fsp3) is 0.619. The summed E-state index contributed by atoms with van der Waals surface area (Å²) in [6, 6.07) is 5.23. The van der Waals surface area contributed by atoms with Crippen LogP contribution < -0.4 is 0 Å². The fourth-order valence-electron chi connectivity index (χ4n) is 4.53. The van der Waals surface area contributed by atoms with E-state index in [9.17, 15) is 14.0 Å². The smallest absolute Gasteiger partial charge is 0.259 e. The quantitative estimate of drug-likeness (QED) is 0.778. The van der Waals surface area contributed by atoms with Crippen molar-refractivity contribution in [1.82, 2.24) is 9.80 Å². The van der Waals surface area contributed by atoms with Gasteiger partial charge in [-0.15, -0.1) is 0 Å². The Morgan fingerprint density at radius 3 is 2.50 bits per heavy atom. The van der Waals surface area contributed by atoms with Crippen molar-refractivity contribution in [3.05, 3.63) is 35.6 Å². The van der Waals surface area contributed by atoms with Crippen LogP contribution in [-0.2, 0) is 14.3 Å². The van der Waals surface area contributed by atoms with Crippen LogP contribution in [0.1, 0.15) is 43.0 Å². The van der Waals surface area contributed by atoms with Gasteiger partial charge in [-0.2, -0.15) is 0 Å². The minimum absolute atomic E-state index is 0.00854. The van der Waals surface area contributed by atoms with Crippen LogP contribution in [0.3, 0.4) is 0 Å². The molecule has 2 heterocycles. The van der Waals surface area contributed by atoms with Gasteiger partial charge in [-0.05, 0) is 43.7 Å². The number of nitrogens with zero attached hydrogens (tertiary/aromatic N) is 2. The highest BCUT2D eigenvalue weighted by molar-refractivity contribution is 5.98. The maximum Gasteiger partial charge on any atom is 0.259 e. The number of hydrogen-bond acceptors (Lipinski definition) is 4. The van der Waals surface area contributed by atoms with Gasteiger partial charge in [-0.1, -0.05) is 19.1 Å². The van der Waals surface area contributed by atoms with Gasteiger partial charge < -0.3 is 14.4 Å². The van der Waals surface area contributed by atoms with E-state index in [0.717, 1.165) is 12.8 Å². The van der Waals surface area contributed by atoms with Crippen LogP contribution >= 0.6 is 0 Å². The lowest BCUT2D eigenvalue weighted by Gasteiger charge is -2.43. The van der Waals surface area contributed by atoms with E-state index >= 15 is 0 Å². The molecule has 7 heteroatoms. The SMILES string of the molecule is CC1CCC2(CC1)OCC(C(=O)N1CCOCC1)N2C(=O)c1ccccc1F. The van der Waals surface area contributed by atoms with Gasteiger partial charge in [0.2, 0.25) is 5.91 Å². The number of rotatable bonds is 2. The van der Waals surface area contributed by atoms with E-state index in [1.54, 1.807) is 21.9 Å². The lowest BCUT2D eigenvalue weighted by atomic mass is 9.83. The molecular formula is C21H27FN2O4. The van der Waals surface area contributed by atoms with E-state index in [1.807, 2.05) is 0 Å². The third-order valence-corrected chi connectivity index (χ3v) is 6.25. The first-order valence-electron chi connectivity index (χ1n) is 10.1. The lowest BCUT2D eigenvalue weighted by Crippen LogP contribution is -2.58. The molecule has 1 unspecified atom stereocenters. The summed E-state index contributed by atoms with van der Waals surface area (Å²) in [5, 5.41) is 0. The maximum atomic E-state index is 14.4. The van der Waals surface area contributed by atoms with Crippen molar-refractivity contribution in [1.29, 1.82) is 0 Å². The molecular weight excluding hydrogens is 363 g/mol. The first-order chi connectivity index (χ1) is 13.5. The molecule has 28 heavy (non-hydrogen) atoms. The second kappa shape index (κ2) is 7.79. The Morgan fingerprint density at radius 2 is 1.82 bits per heavy atom. The van der Waals surface area contributed by atoms with Gasteiger partial charge in [-0.25, -0.2) is 4.39 Å². The predicted octanol–water partition coefficient (Wildman–Crippen LogP) is 2.43. The first-order valence-corrected chi connectivity index (χ1v) is 10.1. The van der Waals surface area contributed by atoms with Gasteiger partial charge in [0.25, 0.3) is 5.91 Å². The molecule has 3 aliphatic rings. The van der Waals surface area contributed by atoms with Crippen LogP contribution in [0.25, 0.3) is 0 Å². The Hall–Kier alpha value is -1.99. The molecule has 1 spiro atoms. The van der Waals surface area contributed by atoms with E-state index < -0.39 is 23.5 Å². The van der Waals surface area contributed by atoms with Gasteiger partial charge in [0.1, 0.15) is 17.6 Å². The highest BCUT2D eigenvalue weighted by Crippen LogP contribution is 2.43. The minimum Gasteiger partial charge on any atom is -0.378 e. The second-order valence-corrected chi connectivity index (χ2v) is 8.05. The second-order valence-electron chi connectivity index (χ2n) is 8.05. The molecule has 0 radical (unpaired) electrons. The molecule has 1 aliphatic carbocycles. The highest BCUT2D eigenvalue weighted by atomic mass is 19.1. The molecule has 0 bridgehead atoms. The zero-order chi connectivity index (χ0) is 19.7. The summed E-state index contributed by atoms with van der Waals surface area (Å²) in [6.07, 6.45) is 3.17. The minimum atomic E-state index is -0.821. The third-order valence-electron chi connectivity index (χ3n) is 6.25. The molecule has 0 N–H and O–H groups in total. The molecule has 1 atom stereocenters. The Kier molecular flexibility index (Phi) is 5.38. The largest absolute Gasteiger partial charge is 0.378 e. The Bertz CT molecular complexity index is 742. The zero-order valence-corrected chi connectivity index (χ0v) is 16.2. The van der Waals surface area contributed by atoms with Gasteiger partial charge in [0.05, 0.1) is 25.4 Å². The summed E-state index contributed by atoms with van der Waals surface area (Å²) in [5.41, 5.74) is -0.829. The number of carbonyl (C=O) groups is 2. The molecule has 2 saturated heterocycles. The number of carbonyl (C=O) groups excluding carboxylic acids is 2. The van der Waals surface area contributed by atoms with E-state index in [1.165, 1.54) is 12.1 Å². The molecule has 4 rings (SSSR count). The maximum absolute atomic E-state index is 14.4. The molecule has 152 valence electrons. The van der Waals surface area contributed by atoms with Crippen molar-refractivity contribution in [2.24, 2.45) is 5.92 Å². The number of halogens is 1. The third kappa shape index (κ3) is 3.42. The van der Waals surface area contributed by atoms with Crippen LogP contribution in [0.4, 0.5) is 4.39 Å². The average Bonchev–Trinajstić information content (AvgIpc) is 3.09. The summed E-state index contributed by atoms with van der Waals surface area (Å²) in [5.74, 6) is -0.620. The fourth-order valence-corrected chi connectivity index (χ4v) is 4.53. The molecule has 0 aromatic heterocycles. The molecule has 2 aliphatic heterocycles. The van der Waals surface area contributed by atoms with E-state index in [2.05, 4.69) is 6.92 Å². The van der Waals surface area contributed by atoms with Crippen LogP contribution in [0.2, 0.25) is 0 Å². The summed E-state index contributed by atoms with van der Waals surface area (Å²) in [7, 11) is 0. The summed E-state index contributed by atoms with van der Waals surface area (Å²) in [4.78, 5) is 29.9. The van der Waals surface area contributed by atoms with Crippen molar-refractivity contribution in [2.45, 2.75) is 44.4 Å². The lowest BCUT2D eigenvalue weighted by molar-refractivity contribution is -0.141. The number of ether oxygens (including phenoxy) is 2. The highest BCUT2D eigenvalue weighted by Gasteiger charge is 2.54. The summed E-state index contributed by atoms with van der Waals surface area (Å²) >= 11 is 0. The number of amides is 2. The predicted molar refractivity (Wildman–Crippen MR) is 100 cm³/mol. The molecule has 1 aromatic rings. The summed E-state index contributed by atoms with van der Waals surface area (Å²) in [6.45, 7) is 4.32. The van der Waals surface area contributed by atoms with Crippen LogP contribution in [0.15, 0.2) is 24.3 Å². The van der Waals surface area contributed by atoms with Crippen molar-refractivity contribution in [3.63, 3.8) is 0 Å². The molecule has 3 fully saturated rings. The Morgan fingerprint density at radius 1 is 1.14 bits per heavy atom. The summed E-state index contributed by atoms with van der Waals surface area (Å²) < 4.78 is 25.9. The van der Waals surface area contributed by atoms with Crippen LogP contribution in [-0.4, -0.2) is 66.3 Å². The number of benzene rings is 1. The van der Waals surface area contributed by atoms with Crippen molar-refractivity contribution in [2.75, 3.05) is 32.9 Å². The molecule has 1 aromatic carbocycles. The van der Waals surface area contributed by atoms with Crippen molar-refractivity contribution in [3.8, 4) is 0 Å². The number of hydrogen-bond donors (Lipinski definition) is 0. The van der Waals surface area contributed by atoms with Crippen molar-refractivity contribution < 1.29 is 23.5 Å². The first kappa shape index (κ1) is 19.3. The normalized spacial score (nSPS) is 30.6. The molecule has 6 nitrogen and oxygen atoms in total. The molecule has 1 saturated carbocycles. The van der Waals surface area contributed by atoms with Gasteiger partial charge >= 0.3 is 0 Å². The van der Waals surface area contributed by atoms with E-state index in [0.29, 0.717) is 45.1 Å². The Balaban J connectivity index is 1.67. The van der Waals surface area contributed by atoms with Crippen LogP contribution in [0, 0.1) is 11.7 Å². The molecule has 2 amide bonds. The monoisotopic (exact) mass is 390 g/mol. The van der Waals surface area contributed by atoms with E-state index in [4.69, 9.17) is 9.47 Å². The topological polar surface area (TPSA) is 59.1 Å². The van der Waals surface area contributed by atoms with Crippen molar-refractivity contribution >= 4 is 11.8 Å². The van der Waals surface area contributed by atoms with Gasteiger partial charge in [0, 0.05) is 13.1 Å². The Labute approximate surface area is 164 Å². The van der Waals surface area contributed by atoms with Gasteiger partial charge in [0.15, 0.2) is 0 Å². The standard InChI is InChI=1S/C21H27FN2O4/c1-15-6-8-21(9-7-15)24(19(25)16-4-2-3-5-17(16)22)18(14-28-21)20(26)23-10-12-27-13-11-23/h2-5,15,18H,6-14H2,1H3. The zero-order valence-electron chi connectivity index (χ0n) is 16.2. The van der Waals surface area contributed by atoms with E-state index in [-0.39, 0.29) is 18.1 Å².